The summed E-state index contributed by atoms with van der Waals surface area (Å²) in [5.41, 5.74) is 7.10. The largest absolute Gasteiger partial charge is 0.496 e. The second kappa shape index (κ2) is 4.54. The van der Waals surface area contributed by atoms with Gasteiger partial charge in [-0.2, -0.15) is 0 Å². The average Bonchev–Trinajstić information content (AvgIpc) is 3.04. The molecule has 2 rings (SSSR count). The van der Waals surface area contributed by atoms with Gasteiger partial charge in [0.25, 0.3) is 0 Å². The van der Waals surface area contributed by atoms with Gasteiger partial charge in [0.15, 0.2) is 0 Å². The van der Waals surface area contributed by atoms with Crippen molar-refractivity contribution >= 4 is 15.9 Å². The van der Waals surface area contributed by atoms with Gasteiger partial charge in [0.2, 0.25) is 0 Å². The van der Waals surface area contributed by atoms with Gasteiger partial charge in [-0.05, 0) is 49.1 Å². The van der Waals surface area contributed by atoms with Crippen molar-refractivity contribution in [3.05, 3.63) is 28.2 Å². The summed E-state index contributed by atoms with van der Waals surface area (Å²) >= 11 is 3.50. The summed E-state index contributed by atoms with van der Waals surface area (Å²) in [5, 5.41) is 0. The summed E-state index contributed by atoms with van der Waals surface area (Å²) in [7, 11) is 1.72. The maximum Gasteiger partial charge on any atom is 0.122 e. The molecule has 1 aliphatic rings. The Hall–Kier alpha value is -0.540. The molecule has 3 heteroatoms. The zero-order chi connectivity index (χ0) is 10.8. The highest BCUT2D eigenvalue weighted by atomic mass is 79.9. The van der Waals surface area contributed by atoms with Crippen molar-refractivity contribution in [3.8, 4) is 5.75 Å². The predicted octanol–water partition coefficient (Wildman–Crippen LogP) is 2.91. The van der Waals surface area contributed by atoms with Crippen LogP contribution in [0, 0.1) is 5.92 Å². The summed E-state index contributed by atoms with van der Waals surface area (Å²) < 4.78 is 6.48. The Morgan fingerprint density at radius 1 is 1.53 bits per heavy atom. The molecule has 0 aliphatic heterocycles. The minimum absolute atomic E-state index is 0.456. The number of halogens is 1. The highest BCUT2D eigenvalue weighted by Gasteiger charge is 2.32. The number of hydrogen-bond acceptors (Lipinski definition) is 2. The molecule has 1 atom stereocenters. The molecule has 1 aromatic carbocycles. The second-order valence-corrected chi connectivity index (χ2v) is 4.98. The summed E-state index contributed by atoms with van der Waals surface area (Å²) in [4.78, 5) is 0. The van der Waals surface area contributed by atoms with E-state index in [-0.39, 0.29) is 0 Å². The Morgan fingerprint density at radius 2 is 2.27 bits per heavy atom. The van der Waals surface area contributed by atoms with Crippen molar-refractivity contribution in [2.45, 2.75) is 18.8 Å². The normalized spacial score (nSPS) is 17.5. The van der Waals surface area contributed by atoms with E-state index in [0.29, 0.717) is 12.5 Å². The molecular formula is C12H16BrNO. The lowest BCUT2D eigenvalue weighted by Crippen LogP contribution is -2.15. The molecule has 82 valence electrons. The van der Waals surface area contributed by atoms with Crippen LogP contribution in [0.4, 0.5) is 0 Å². The van der Waals surface area contributed by atoms with Crippen molar-refractivity contribution in [1.29, 1.82) is 0 Å². The van der Waals surface area contributed by atoms with E-state index < -0.39 is 0 Å². The first-order valence-electron chi connectivity index (χ1n) is 5.29. The standard InChI is InChI=1S/C12H16BrNO/c1-15-12-5-4-9(13)6-10(12)11(7-14)8-2-3-8/h4-6,8,11H,2-3,7,14H2,1H3. The zero-order valence-electron chi connectivity index (χ0n) is 8.87. The molecule has 1 unspecified atom stereocenters. The monoisotopic (exact) mass is 269 g/mol. The molecule has 15 heavy (non-hydrogen) atoms. The van der Waals surface area contributed by atoms with Gasteiger partial charge in [0, 0.05) is 10.4 Å². The van der Waals surface area contributed by atoms with E-state index in [2.05, 4.69) is 22.0 Å². The molecule has 0 aromatic heterocycles. The summed E-state index contributed by atoms with van der Waals surface area (Å²) in [6.07, 6.45) is 2.61. The molecule has 0 amide bonds. The molecule has 0 saturated heterocycles. The van der Waals surface area contributed by atoms with Crippen molar-refractivity contribution in [2.24, 2.45) is 11.7 Å². The minimum atomic E-state index is 0.456. The number of methoxy groups -OCH3 is 1. The van der Waals surface area contributed by atoms with Crippen LogP contribution in [0.2, 0.25) is 0 Å². The third-order valence-corrected chi connectivity index (χ3v) is 3.53. The van der Waals surface area contributed by atoms with Gasteiger partial charge >= 0.3 is 0 Å². The van der Waals surface area contributed by atoms with Gasteiger partial charge in [0.1, 0.15) is 5.75 Å². The van der Waals surface area contributed by atoms with E-state index in [9.17, 15) is 0 Å². The maximum absolute atomic E-state index is 5.85. The molecule has 0 radical (unpaired) electrons. The maximum atomic E-state index is 5.85. The SMILES string of the molecule is COc1ccc(Br)cc1C(CN)C1CC1. The Bertz CT molecular complexity index is 349. The van der Waals surface area contributed by atoms with Crippen LogP contribution in [0.15, 0.2) is 22.7 Å². The molecule has 1 saturated carbocycles. The fourth-order valence-electron chi connectivity index (χ4n) is 2.07. The van der Waals surface area contributed by atoms with Gasteiger partial charge < -0.3 is 10.5 Å². The van der Waals surface area contributed by atoms with Crippen LogP contribution in [0.1, 0.15) is 24.3 Å². The second-order valence-electron chi connectivity index (χ2n) is 4.07. The van der Waals surface area contributed by atoms with Crippen LogP contribution in [0.25, 0.3) is 0 Å². The number of hydrogen-bond donors (Lipinski definition) is 1. The van der Waals surface area contributed by atoms with Gasteiger partial charge in [-0.15, -0.1) is 0 Å². The van der Waals surface area contributed by atoms with Gasteiger partial charge in [0.05, 0.1) is 7.11 Å². The van der Waals surface area contributed by atoms with E-state index in [0.717, 1.165) is 16.1 Å². The zero-order valence-corrected chi connectivity index (χ0v) is 10.5. The molecule has 2 N–H and O–H groups in total. The Morgan fingerprint density at radius 3 is 2.80 bits per heavy atom. The van der Waals surface area contributed by atoms with E-state index in [1.807, 2.05) is 12.1 Å². The smallest absolute Gasteiger partial charge is 0.122 e. The predicted molar refractivity (Wildman–Crippen MR) is 65.2 cm³/mol. The third kappa shape index (κ3) is 2.34. The fraction of sp³-hybridized carbons (Fsp3) is 0.500. The average molecular weight is 270 g/mol. The van der Waals surface area contributed by atoms with E-state index >= 15 is 0 Å². The molecule has 1 aromatic rings. The summed E-state index contributed by atoms with van der Waals surface area (Å²) in [6, 6.07) is 6.14. The molecule has 0 heterocycles. The Kier molecular flexibility index (Phi) is 3.32. The van der Waals surface area contributed by atoms with Gasteiger partial charge in [-0.25, -0.2) is 0 Å². The number of benzene rings is 1. The summed E-state index contributed by atoms with van der Waals surface area (Å²) in [5.74, 6) is 2.18. The summed E-state index contributed by atoms with van der Waals surface area (Å²) in [6.45, 7) is 0.706. The minimum Gasteiger partial charge on any atom is -0.496 e. The number of rotatable bonds is 4. The van der Waals surface area contributed by atoms with Crippen LogP contribution in [0.5, 0.6) is 5.75 Å². The van der Waals surface area contributed by atoms with Crippen molar-refractivity contribution < 1.29 is 4.74 Å². The third-order valence-electron chi connectivity index (χ3n) is 3.04. The lowest BCUT2D eigenvalue weighted by molar-refractivity contribution is 0.402. The Labute approximate surface area is 98.9 Å². The lowest BCUT2D eigenvalue weighted by Gasteiger charge is -2.18. The highest BCUT2D eigenvalue weighted by Crippen LogP contribution is 2.45. The quantitative estimate of drug-likeness (QED) is 0.913. The van der Waals surface area contributed by atoms with Crippen LogP contribution >= 0.6 is 15.9 Å². The van der Waals surface area contributed by atoms with E-state index in [1.54, 1.807) is 7.11 Å². The Balaban J connectivity index is 2.34. The highest BCUT2D eigenvalue weighted by molar-refractivity contribution is 9.10. The molecule has 0 spiro atoms. The van der Waals surface area contributed by atoms with E-state index in [1.165, 1.54) is 18.4 Å². The van der Waals surface area contributed by atoms with Crippen LogP contribution in [-0.4, -0.2) is 13.7 Å². The van der Waals surface area contributed by atoms with Crippen LogP contribution < -0.4 is 10.5 Å². The number of nitrogens with two attached hydrogens (primary N) is 1. The van der Waals surface area contributed by atoms with Crippen LogP contribution in [0.3, 0.4) is 0 Å². The fourth-order valence-corrected chi connectivity index (χ4v) is 2.45. The first-order chi connectivity index (χ1) is 7.26. The van der Waals surface area contributed by atoms with Crippen LogP contribution in [-0.2, 0) is 0 Å². The topological polar surface area (TPSA) is 35.2 Å². The molecule has 2 nitrogen and oxygen atoms in total. The van der Waals surface area contributed by atoms with Crippen molar-refractivity contribution in [1.82, 2.24) is 0 Å². The molecule has 0 bridgehead atoms. The molecular weight excluding hydrogens is 254 g/mol. The van der Waals surface area contributed by atoms with E-state index in [4.69, 9.17) is 10.5 Å². The lowest BCUT2D eigenvalue weighted by atomic mass is 9.93. The molecule has 1 aliphatic carbocycles. The first-order valence-corrected chi connectivity index (χ1v) is 6.09. The van der Waals surface area contributed by atoms with Crippen molar-refractivity contribution in [3.63, 3.8) is 0 Å². The number of ether oxygens (including phenoxy) is 1. The van der Waals surface area contributed by atoms with Gasteiger partial charge in [-0.3, -0.25) is 0 Å². The van der Waals surface area contributed by atoms with Gasteiger partial charge in [-0.1, -0.05) is 15.9 Å². The van der Waals surface area contributed by atoms with Crippen molar-refractivity contribution in [2.75, 3.05) is 13.7 Å². The first kappa shape index (κ1) is 11.0. The molecule has 1 fully saturated rings.